The SMILES string of the molecule is CC(C)(C)N.Cc1[nH]c2ccccc2c1[C@H]1[C@@H](CC(=O)O)C1(C)C. The third kappa shape index (κ3) is 3.99. The number of aromatic amines is 1. The molecule has 0 spiro atoms. The first-order chi connectivity index (χ1) is 10.9. The number of benzene rings is 1. The zero-order valence-electron chi connectivity index (χ0n) is 15.6. The van der Waals surface area contributed by atoms with E-state index in [-0.39, 0.29) is 23.3 Å². The topological polar surface area (TPSA) is 79.1 Å². The summed E-state index contributed by atoms with van der Waals surface area (Å²) in [6.07, 6.45) is 0.261. The Morgan fingerprint density at radius 3 is 2.38 bits per heavy atom. The lowest BCUT2D eigenvalue weighted by atomic mass is 10.0. The molecule has 1 aromatic carbocycles. The minimum Gasteiger partial charge on any atom is -0.481 e. The van der Waals surface area contributed by atoms with Crippen molar-refractivity contribution in [3.63, 3.8) is 0 Å². The molecule has 1 heterocycles. The Bertz CT molecular complexity index is 732. The summed E-state index contributed by atoms with van der Waals surface area (Å²) in [5, 5.41) is 10.3. The van der Waals surface area contributed by atoms with Gasteiger partial charge in [0.1, 0.15) is 0 Å². The fourth-order valence-corrected chi connectivity index (χ4v) is 3.59. The molecular weight excluding hydrogens is 300 g/mol. The second kappa shape index (κ2) is 6.25. The first-order valence-electron chi connectivity index (χ1n) is 8.50. The van der Waals surface area contributed by atoms with Crippen molar-refractivity contribution in [1.29, 1.82) is 0 Å². The maximum atomic E-state index is 11.0. The fourth-order valence-electron chi connectivity index (χ4n) is 3.59. The Morgan fingerprint density at radius 1 is 1.29 bits per heavy atom. The van der Waals surface area contributed by atoms with Gasteiger partial charge in [-0.05, 0) is 56.6 Å². The number of aliphatic carboxylic acids is 1. The molecule has 24 heavy (non-hydrogen) atoms. The van der Waals surface area contributed by atoms with E-state index < -0.39 is 5.97 Å². The number of carbonyl (C=O) groups is 1. The molecule has 0 saturated heterocycles. The number of H-pyrrole nitrogens is 1. The Labute approximate surface area is 144 Å². The molecule has 1 fully saturated rings. The number of para-hydroxylation sites is 1. The molecule has 4 nitrogen and oxygen atoms in total. The van der Waals surface area contributed by atoms with Gasteiger partial charge in [0.25, 0.3) is 0 Å². The lowest BCUT2D eigenvalue weighted by molar-refractivity contribution is -0.137. The number of aromatic nitrogens is 1. The molecule has 1 saturated carbocycles. The van der Waals surface area contributed by atoms with Crippen LogP contribution in [0.1, 0.15) is 58.2 Å². The molecular formula is C20H30N2O2. The highest BCUT2D eigenvalue weighted by Gasteiger charge is 2.59. The summed E-state index contributed by atoms with van der Waals surface area (Å²) in [4.78, 5) is 14.4. The number of carboxylic acid groups (broad SMARTS) is 1. The number of hydrogen-bond acceptors (Lipinski definition) is 2. The van der Waals surface area contributed by atoms with E-state index >= 15 is 0 Å². The number of nitrogens with one attached hydrogen (secondary N) is 1. The van der Waals surface area contributed by atoms with Crippen molar-refractivity contribution in [1.82, 2.24) is 4.98 Å². The molecule has 0 radical (unpaired) electrons. The average molecular weight is 330 g/mol. The van der Waals surface area contributed by atoms with E-state index in [1.54, 1.807) is 0 Å². The molecule has 1 aliphatic rings. The summed E-state index contributed by atoms with van der Waals surface area (Å²) in [6.45, 7) is 12.3. The van der Waals surface area contributed by atoms with E-state index in [0.717, 1.165) is 5.52 Å². The summed E-state index contributed by atoms with van der Waals surface area (Å²) in [7, 11) is 0. The van der Waals surface area contributed by atoms with Crippen molar-refractivity contribution in [2.24, 2.45) is 17.1 Å². The van der Waals surface area contributed by atoms with Crippen molar-refractivity contribution in [3.05, 3.63) is 35.5 Å². The molecule has 1 aliphatic carbocycles. The van der Waals surface area contributed by atoms with Gasteiger partial charge in [-0.1, -0.05) is 32.0 Å². The molecule has 2 atom stereocenters. The Balaban J connectivity index is 0.000000368. The number of carboxylic acids is 1. The average Bonchev–Trinajstić information content (AvgIpc) is 2.75. The minimum absolute atomic E-state index is 0. The lowest BCUT2D eigenvalue weighted by Crippen LogP contribution is -2.26. The normalized spacial score (nSPS) is 22.0. The fraction of sp³-hybridized carbons (Fsp3) is 0.550. The van der Waals surface area contributed by atoms with Gasteiger partial charge in [-0.3, -0.25) is 4.79 Å². The van der Waals surface area contributed by atoms with Crippen LogP contribution in [0.2, 0.25) is 0 Å². The monoisotopic (exact) mass is 330 g/mol. The van der Waals surface area contributed by atoms with Crippen LogP contribution in [-0.4, -0.2) is 21.6 Å². The van der Waals surface area contributed by atoms with Gasteiger partial charge in [-0.15, -0.1) is 0 Å². The van der Waals surface area contributed by atoms with Crippen LogP contribution in [0.3, 0.4) is 0 Å². The van der Waals surface area contributed by atoms with E-state index in [1.165, 1.54) is 16.6 Å². The van der Waals surface area contributed by atoms with Crippen LogP contribution in [0.4, 0.5) is 0 Å². The number of hydrogen-bond donors (Lipinski definition) is 3. The first-order valence-corrected chi connectivity index (χ1v) is 8.50. The molecule has 1 aromatic heterocycles. The first kappa shape index (κ1) is 18.5. The number of nitrogens with two attached hydrogens (primary N) is 1. The van der Waals surface area contributed by atoms with E-state index in [9.17, 15) is 4.79 Å². The van der Waals surface area contributed by atoms with Crippen LogP contribution in [0.5, 0.6) is 0 Å². The zero-order chi connectivity index (χ0) is 18.3. The van der Waals surface area contributed by atoms with E-state index in [1.807, 2.05) is 32.9 Å². The molecule has 0 aliphatic heterocycles. The van der Waals surface area contributed by atoms with Gasteiger partial charge in [-0.25, -0.2) is 0 Å². The standard InChI is InChI=1S/C16H19NO2.C4H11N/c1-9-14(10-6-4-5-7-12(10)17-9)15-11(8-13(18)19)16(15,2)3;1-4(2,3)5/h4-7,11,15,17H,8H2,1-3H3,(H,18,19);5H2,1-3H3/t11-,15-;/m1./s1. The minimum atomic E-state index is -0.696. The molecule has 0 unspecified atom stereocenters. The van der Waals surface area contributed by atoms with E-state index in [0.29, 0.717) is 5.92 Å². The molecule has 4 heteroatoms. The Hall–Kier alpha value is -1.81. The van der Waals surface area contributed by atoms with Crippen molar-refractivity contribution >= 4 is 16.9 Å². The number of aryl methyl sites for hydroxylation is 1. The smallest absolute Gasteiger partial charge is 0.303 e. The van der Waals surface area contributed by atoms with Crippen molar-refractivity contribution in [2.75, 3.05) is 0 Å². The highest BCUT2D eigenvalue weighted by atomic mass is 16.4. The molecule has 132 valence electrons. The number of fused-ring (bicyclic) bond motifs is 1. The van der Waals surface area contributed by atoms with Crippen LogP contribution in [-0.2, 0) is 4.79 Å². The van der Waals surface area contributed by atoms with Gasteiger partial charge in [0, 0.05) is 28.6 Å². The van der Waals surface area contributed by atoms with E-state index in [2.05, 4.69) is 37.9 Å². The summed E-state index contributed by atoms with van der Waals surface area (Å²) < 4.78 is 0. The van der Waals surface area contributed by atoms with Gasteiger partial charge in [0.2, 0.25) is 0 Å². The molecule has 0 bridgehead atoms. The second-order valence-corrected chi connectivity index (χ2v) is 8.58. The van der Waals surface area contributed by atoms with Gasteiger partial charge in [0.05, 0.1) is 0 Å². The second-order valence-electron chi connectivity index (χ2n) is 8.58. The van der Waals surface area contributed by atoms with Crippen LogP contribution in [0, 0.1) is 18.3 Å². The highest BCUT2D eigenvalue weighted by Crippen LogP contribution is 2.67. The van der Waals surface area contributed by atoms with Gasteiger partial charge in [0.15, 0.2) is 0 Å². The third-order valence-corrected chi connectivity index (χ3v) is 4.70. The third-order valence-electron chi connectivity index (χ3n) is 4.70. The van der Waals surface area contributed by atoms with Crippen molar-refractivity contribution in [3.8, 4) is 0 Å². The van der Waals surface area contributed by atoms with Crippen LogP contribution in [0.25, 0.3) is 10.9 Å². The maximum Gasteiger partial charge on any atom is 0.303 e. The van der Waals surface area contributed by atoms with Crippen molar-refractivity contribution < 1.29 is 9.90 Å². The van der Waals surface area contributed by atoms with Crippen LogP contribution >= 0.6 is 0 Å². The molecule has 4 N–H and O–H groups in total. The summed E-state index contributed by atoms with van der Waals surface area (Å²) >= 11 is 0. The van der Waals surface area contributed by atoms with Gasteiger partial charge < -0.3 is 15.8 Å². The Kier molecular flexibility index (Phi) is 4.82. The molecule has 2 aromatic rings. The predicted molar refractivity (Wildman–Crippen MR) is 99.2 cm³/mol. The summed E-state index contributed by atoms with van der Waals surface area (Å²) in [5.41, 5.74) is 9.06. The molecule has 0 amide bonds. The maximum absolute atomic E-state index is 11.0. The van der Waals surface area contributed by atoms with Crippen molar-refractivity contribution in [2.45, 2.75) is 59.4 Å². The quantitative estimate of drug-likeness (QED) is 0.778. The largest absolute Gasteiger partial charge is 0.481 e. The summed E-state index contributed by atoms with van der Waals surface area (Å²) in [5.74, 6) is -0.110. The summed E-state index contributed by atoms with van der Waals surface area (Å²) in [6, 6.07) is 8.27. The number of rotatable bonds is 3. The van der Waals surface area contributed by atoms with Crippen LogP contribution < -0.4 is 5.73 Å². The van der Waals surface area contributed by atoms with E-state index in [4.69, 9.17) is 10.8 Å². The predicted octanol–water partition coefficient (Wildman–Crippen LogP) is 4.43. The Morgan fingerprint density at radius 2 is 1.83 bits per heavy atom. The molecule has 3 rings (SSSR count). The van der Waals surface area contributed by atoms with Gasteiger partial charge >= 0.3 is 5.97 Å². The zero-order valence-corrected chi connectivity index (χ0v) is 15.6. The highest BCUT2D eigenvalue weighted by molar-refractivity contribution is 5.86. The van der Waals surface area contributed by atoms with Crippen LogP contribution in [0.15, 0.2) is 24.3 Å². The lowest BCUT2D eigenvalue weighted by Gasteiger charge is -2.06. The van der Waals surface area contributed by atoms with Gasteiger partial charge in [-0.2, -0.15) is 0 Å².